The van der Waals surface area contributed by atoms with Crippen molar-refractivity contribution in [1.29, 1.82) is 0 Å². The van der Waals surface area contributed by atoms with E-state index in [0.29, 0.717) is 17.2 Å². The van der Waals surface area contributed by atoms with Crippen molar-refractivity contribution in [3.8, 4) is 0 Å². The van der Waals surface area contributed by atoms with Crippen molar-refractivity contribution in [3.05, 3.63) is 28.8 Å². The van der Waals surface area contributed by atoms with Gasteiger partial charge in [0.05, 0.1) is 0 Å². The van der Waals surface area contributed by atoms with Crippen LogP contribution in [0.1, 0.15) is 33.3 Å². The third-order valence-electron chi connectivity index (χ3n) is 3.41. The topological polar surface area (TPSA) is 27.3 Å². The van der Waals surface area contributed by atoms with E-state index in [1.165, 1.54) is 0 Å². The molecule has 0 aliphatic carbocycles. The van der Waals surface area contributed by atoms with Crippen LogP contribution in [0.3, 0.4) is 0 Å². The molecular weight excluding hydrogens is 302 g/mol. The lowest BCUT2D eigenvalue weighted by atomic mass is 10.2. The Hall–Kier alpha value is -0.840. The molecule has 5 heteroatoms. The molecule has 0 radical (unpaired) electrons. The first-order valence-electron chi connectivity index (χ1n) is 7.38. The van der Waals surface area contributed by atoms with Crippen molar-refractivity contribution in [1.82, 2.24) is 10.2 Å². The number of thiocarbonyl (C=S) groups is 1. The second-order valence-corrected chi connectivity index (χ2v) is 6.59. The Morgan fingerprint density at radius 1 is 1.24 bits per heavy atom. The van der Waals surface area contributed by atoms with Gasteiger partial charge in [0, 0.05) is 35.9 Å². The standard InChI is InChI=1S/C16H26ClN3S/c1-11(2)20(12(3)4)9-8-18-16(21)19-14-7-6-13(5)15(17)10-14/h6-7,10-12H,8-9H2,1-5H3,(H2,18,19,21). The molecule has 0 aliphatic heterocycles. The molecule has 0 amide bonds. The predicted octanol–water partition coefficient (Wildman–Crippen LogP) is 4.05. The first kappa shape index (κ1) is 18.2. The van der Waals surface area contributed by atoms with Crippen molar-refractivity contribution in [2.75, 3.05) is 18.4 Å². The number of benzene rings is 1. The van der Waals surface area contributed by atoms with E-state index in [2.05, 4.69) is 43.2 Å². The summed E-state index contributed by atoms with van der Waals surface area (Å²) in [6.45, 7) is 12.6. The highest BCUT2D eigenvalue weighted by atomic mass is 35.5. The van der Waals surface area contributed by atoms with Crippen molar-refractivity contribution < 1.29 is 0 Å². The smallest absolute Gasteiger partial charge is 0.170 e. The summed E-state index contributed by atoms with van der Waals surface area (Å²) in [7, 11) is 0. The lowest BCUT2D eigenvalue weighted by Gasteiger charge is -2.30. The van der Waals surface area contributed by atoms with Gasteiger partial charge in [-0.3, -0.25) is 4.90 Å². The van der Waals surface area contributed by atoms with Crippen LogP contribution in [0, 0.1) is 6.92 Å². The Balaban J connectivity index is 2.42. The summed E-state index contributed by atoms with van der Waals surface area (Å²) in [6, 6.07) is 6.91. The summed E-state index contributed by atoms with van der Waals surface area (Å²) in [5, 5.41) is 7.77. The van der Waals surface area contributed by atoms with E-state index in [0.717, 1.165) is 29.4 Å². The van der Waals surface area contributed by atoms with Gasteiger partial charge in [-0.15, -0.1) is 0 Å². The molecule has 0 heterocycles. The Kier molecular flexibility index (Phi) is 7.43. The molecular formula is C16H26ClN3S. The molecule has 0 bridgehead atoms. The molecule has 0 spiro atoms. The van der Waals surface area contributed by atoms with E-state index in [1.54, 1.807) is 0 Å². The zero-order valence-corrected chi connectivity index (χ0v) is 15.1. The number of anilines is 1. The highest BCUT2D eigenvalue weighted by Crippen LogP contribution is 2.19. The maximum absolute atomic E-state index is 6.10. The number of halogens is 1. The number of hydrogen-bond donors (Lipinski definition) is 2. The highest BCUT2D eigenvalue weighted by Gasteiger charge is 2.12. The molecule has 21 heavy (non-hydrogen) atoms. The number of rotatable bonds is 6. The van der Waals surface area contributed by atoms with E-state index < -0.39 is 0 Å². The van der Waals surface area contributed by atoms with Crippen LogP contribution >= 0.6 is 23.8 Å². The molecule has 2 N–H and O–H groups in total. The Labute approximate surface area is 139 Å². The minimum atomic E-state index is 0.532. The van der Waals surface area contributed by atoms with Gasteiger partial charge in [0.15, 0.2) is 5.11 Å². The lowest BCUT2D eigenvalue weighted by molar-refractivity contribution is 0.178. The van der Waals surface area contributed by atoms with Crippen LogP contribution in [0.25, 0.3) is 0 Å². The second kappa shape index (κ2) is 8.57. The van der Waals surface area contributed by atoms with E-state index in [1.807, 2.05) is 25.1 Å². The Morgan fingerprint density at radius 3 is 2.38 bits per heavy atom. The predicted molar refractivity (Wildman–Crippen MR) is 97.4 cm³/mol. The molecule has 1 aromatic rings. The van der Waals surface area contributed by atoms with Crippen LogP contribution in [-0.4, -0.2) is 35.2 Å². The fraction of sp³-hybridized carbons (Fsp3) is 0.562. The maximum Gasteiger partial charge on any atom is 0.170 e. The van der Waals surface area contributed by atoms with Gasteiger partial charge in [0.1, 0.15) is 0 Å². The molecule has 118 valence electrons. The highest BCUT2D eigenvalue weighted by molar-refractivity contribution is 7.80. The third-order valence-corrected chi connectivity index (χ3v) is 4.07. The van der Waals surface area contributed by atoms with Gasteiger partial charge in [-0.1, -0.05) is 17.7 Å². The fourth-order valence-electron chi connectivity index (χ4n) is 2.26. The van der Waals surface area contributed by atoms with Gasteiger partial charge in [0.2, 0.25) is 0 Å². The molecule has 0 atom stereocenters. The van der Waals surface area contributed by atoms with Gasteiger partial charge in [-0.2, -0.15) is 0 Å². The van der Waals surface area contributed by atoms with Gasteiger partial charge in [0.25, 0.3) is 0 Å². The molecule has 0 saturated heterocycles. The molecule has 3 nitrogen and oxygen atoms in total. The van der Waals surface area contributed by atoms with Crippen molar-refractivity contribution in [2.45, 2.75) is 46.7 Å². The van der Waals surface area contributed by atoms with Crippen LogP contribution in [-0.2, 0) is 0 Å². The van der Waals surface area contributed by atoms with E-state index in [-0.39, 0.29) is 0 Å². The molecule has 1 aromatic carbocycles. The lowest BCUT2D eigenvalue weighted by Crippen LogP contribution is -2.43. The first-order valence-corrected chi connectivity index (χ1v) is 8.16. The zero-order valence-electron chi connectivity index (χ0n) is 13.5. The van der Waals surface area contributed by atoms with Crippen LogP contribution in [0.2, 0.25) is 5.02 Å². The Morgan fingerprint density at radius 2 is 1.86 bits per heavy atom. The fourth-order valence-corrected chi connectivity index (χ4v) is 2.66. The van der Waals surface area contributed by atoms with Gasteiger partial charge in [-0.25, -0.2) is 0 Å². The number of nitrogens with zero attached hydrogens (tertiary/aromatic N) is 1. The second-order valence-electron chi connectivity index (χ2n) is 5.77. The average Bonchev–Trinajstić information content (AvgIpc) is 2.38. The molecule has 0 unspecified atom stereocenters. The number of aryl methyl sites for hydroxylation is 1. The number of nitrogens with one attached hydrogen (secondary N) is 2. The normalized spacial score (nSPS) is 11.3. The average molecular weight is 328 g/mol. The summed E-state index contributed by atoms with van der Waals surface area (Å²) in [5.74, 6) is 0. The van der Waals surface area contributed by atoms with Gasteiger partial charge in [-0.05, 0) is 64.5 Å². The summed E-state index contributed by atoms with van der Waals surface area (Å²) < 4.78 is 0. The molecule has 0 aliphatic rings. The zero-order chi connectivity index (χ0) is 16.0. The van der Waals surface area contributed by atoms with Crippen molar-refractivity contribution in [3.63, 3.8) is 0 Å². The van der Waals surface area contributed by atoms with E-state index in [4.69, 9.17) is 23.8 Å². The third kappa shape index (κ3) is 6.20. The van der Waals surface area contributed by atoms with Crippen LogP contribution in [0.4, 0.5) is 5.69 Å². The minimum absolute atomic E-state index is 0.532. The van der Waals surface area contributed by atoms with E-state index >= 15 is 0 Å². The van der Waals surface area contributed by atoms with E-state index in [9.17, 15) is 0 Å². The molecule has 0 aromatic heterocycles. The van der Waals surface area contributed by atoms with Crippen LogP contribution in [0.5, 0.6) is 0 Å². The first-order chi connectivity index (χ1) is 9.81. The summed E-state index contributed by atoms with van der Waals surface area (Å²) in [6.07, 6.45) is 0. The molecule has 0 saturated carbocycles. The van der Waals surface area contributed by atoms with Crippen molar-refractivity contribution >= 4 is 34.6 Å². The molecule has 0 fully saturated rings. The van der Waals surface area contributed by atoms with Crippen LogP contribution < -0.4 is 10.6 Å². The minimum Gasteiger partial charge on any atom is -0.361 e. The largest absolute Gasteiger partial charge is 0.361 e. The van der Waals surface area contributed by atoms with Crippen molar-refractivity contribution in [2.24, 2.45) is 0 Å². The van der Waals surface area contributed by atoms with Gasteiger partial charge < -0.3 is 10.6 Å². The van der Waals surface area contributed by atoms with Crippen LogP contribution in [0.15, 0.2) is 18.2 Å². The summed E-state index contributed by atoms with van der Waals surface area (Å²) in [4.78, 5) is 2.43. The monoisotopic (exact) mass is 327 g/mol. The Bertz CT molecular complexity index is 467. The SMILES string of the molecule is Cc1ccc(NC(=S)NCCN(C(C)C)C(C)C)cc1Cl. The van der Waals surface area contributed by atoms with Gasteiger partial charge >= 0.3 is 0 Å². The number of hydrogen-bond acceptors (Lipinski definition) is 2. The maximum atomic E-state index is 6.10. The summed E-state index contributed by atoms with van der Waals surface area (Å²) >= 11 is 11.4. The molecule has 1 rings (SSSR count). The summed E-state index contributed by atoms with van der Waals surface area (Å²) in [5.41, 5.74) is 1.97. The quantitative estimate of drug-likeness (QED) is 0.771.